The Kier molecular flexibility index (Phi) is 7.53. The molecule has 1 saturated heterocycles. The molecule has 1 aliphatic rings. The Bertz CT molecular complexity index is 427. The number of aliphatic imine (C=N–C) groups is 1. The normalized spacial score (nSPS) is 16.8. The lowest BCUT2D eigenvalue weighted by atomic mass is 10.1. The largest absolute Gasteiger partial charge is 0.385 e. The van der Waals surface area contributed by atoms with Crippen molar-refractivity contribution in [3.8, 4) is 0 Å². The maximum absolute atomic E-state index is 5.07. The number of methoxy groups -OCH3 is 1. The van der Waals surface area contributed by atoms with Gasteiger partial charge in [0.15, 0.2) is 5.96 Å². The molecular formula is C16H28N4OS. The summed E-state index contributed by atoms with van der Waals surface area (Å²) in [5.41, 5.74) is 0. The fraction of sp³-hybridized carbons (Fsp3) is 0.688. The minimum Gasteiger partial charge on any atom is -0.385 e. The number of ether oxygens (including phenoxy) is 1. The summed E-state index contributed by atoms with van der Waals surface area (Å²) in [6, 6.07) is 4.84. The van der Waals surface area contributed by atoms with Crippen LogP contribution in [-0.4, -0.2) is 51.9 Å². The van der Waals surface area contributed by atoms with E-state index in [4.69, 9.17) is 4.74 Å². The quantitative estimate of drug-likeness (QED) is 0.459. The third-order valence-electron chi connectivity index (χ3n) is 3.77. The van der Waals surface area contributed by atoms with Gasteiger partial charge in [-0.1, -0.05) is 0 Å². The average Bonchev–Trinajstić information content (AvgIpc) is 3.07. The van der Waals surface area contributed by atoms with E-state index in [1.807, 2.05) is 11.3 Å². The highest BCUT2D eigenvalue weighted by Crippen LogP contribution is 2.24. The molecule has 1 fully saturated rings. The van der Waals surface area contributed by atoms with E-state index in [9.17, 15) is 0 Å². The third-order valence-corrected chi connectivity index (χ3v) is 4.70. The molecule has 0 spiro atoms. The summed E-state index contributed by atoms with van der Waals surface area (Å²) in [5, 5.41) is 10.4. The van der Waals surface area contributed by atoms with E-state index in [0.29, 0.717) is 6.04 Å². The molecule has 0 bridgehead atoms. The van der Waals surface area contributed by atoms with Crippen molar-refractivity contribution in [2.45, 2.75) is 32.2 Å². The van der Waals surface area contributed by atoms with Crippen molar-refractivity contribution in [3.63, 3.8) is 0 Å². The number of hydrogen-bond donors (Lipinski definition) is 2. The zero-order chi connectivity index (χ0) is 15.6. The first kappa shape index (κ1) is 17.1. The minimum absolute atomic E-state index is 0.511. The van der Waals surface area contributed by atoms with E-state index in [0.717, 1.165) is 58.0 Å². The van der Waals surface area contributed by atoms with Crippen LogP contribution in [0.5, 0.6) is 0 Å². The molecule has 1 aliphatic heterocycles. The molecule has 2 rings (SSSR count). The van der Waals surface area contributed by atoms with Crippen molar-refractivity contribution in [1.29, 1.82) is 0 Å². The Morgan fingerprint density at radius 1 is 1.45 bits per heavy atom. The number of hydrogen-bond acceptors (Lipinski definition) is 4. The van der Waals surface area contributed by atoms with Crippen LogP contribution in [0.2, 0.25) is 0 Å². The summed E-state index contributed by atoms with van der Waals surface area (Å²) < 4.78 is 5.07. The van der Waals surface area contributed by atoms with Gasteiger partial charge in [-0.15, -0.1) is 11.3 Å². The number of nitrogens with one attached hydrogen (secondary N) is 2. The van der Waals surface area contributed by atoms with Crippen LogP contribution < -0.4 is 15.5 Å². The monoisotopic (exact) mass is 324 g/mol. The molecule has 0 aliphatic carbocycles. The van der Waals surface area contributed by atoms with Crippen molar-refractivity contribution in [2.75, 3.05) is 44.8 Å². The number of piperidine rings is 1. The lowest BCUT2D eigenvalue weighted by Gasteiger charge is -2.33. The molecular weight excluding hydrogens is 296 g/mol. The minimum atomic E-state index is 0.511. The number of anilines is 1. The van der Waals surface area contributed by atoms with Gasteiger partial charge < -0.3 is 20.3 Å². The second-order valence-corrected chi connectivity index (χ2v) is 6.39. The van der Waals surface area contributed by atoms with E-state index in [1.54, 1.807) is 7.11 Å². The molecule has 0 saturated carbocycles. The molecule has 1 aromatic rings. The molecule has 5 nitrogen and oxygen atoms in total. The van der Waals surface area contributed by atoms with Crippen LogP contribution in [0.1, 0.15) is 26.2 Å². The van der Waals surface area contributed by atoms with Gasteiger partial charge in [0.25, 0.3) is 0 Å². The summed E-state index contributed by atoms with van der Waals surface area (Å²) in [6.45, 7) is 6.79. The van der Waals surface area contributed by atoms with Gasteiger partial charge in [0, 0.05) is 45.9 Å². The standard InChI is InChI=1S/C16H28N4OS/c1-3-17-16(18-9-5-12-21-2)19-14-7-10-20(11-8-14)15-6-4-13-22-15/h4,6,13-14H,3,5,7-12H2,1-2H3,(H2,17,18,19). The highest BCUT2D eigenvalue weighted by molar-refractivity contribution is 7.14. The smallest absolute Gasteiger partial charge is 0.191 e. The second kappa shape index (κ2) is 9.69. The zero-order valence-electron chi connectivity index (χ0n) is 13.7. The van der Waals surface area contributed by atoms with Crippen molar-refractivity contribution in [1.82, 2.24) is 10.6 Å². The summed E-state index contributed by atoms with van der Waals surface area (Å²) in [4.78, 5) is 7.09. The van der Waals surface area contributed by atoms with Crippen LogP contribution >= 0.6 is 11.3 Å². The lowest BCUT2D eigenvalue weighted by Crippen LogP contribution is -2.48. The Balaban J connectivity index is 1.76. The molecule has 0 radical (unpaired) electrons. The summed E-state index contributed by atoms with van der Waals surface area (Å²) in [6.07, 6.45) is 3.27. The van der Waals surface area contributed by atoms with Crippen molar-refractivity contribution in [3.05, 3.63) is 17.5 Å². The molecule has 0 aromatic carbocycles. The lowest BCUT2D eigenvalue weighted by molar-refractivity contribution is 0.197. The molecule has 0 amide bonds. The first-order chi connectivity index (χ1) is 10.8. The topological polar surface area (TPSA) is 48.9 Å². The van der Waals surface area contributed by atoms with Gasteiger partial charge in [0.05, 0.1) is 5.00 Å². The Hall–Kier alpha value is -1.27. The average molecular weight is 324 g/mol. The first-order valence-corrected chi connectivity index (χ1v) is 9.03. The van der Waals surface area contributed by atoms with Gasteiger partial charge in [-0.25, -0.2) is 0 Å². The maximum Gasteiger partial charge on any atom is 0.191 e. The molecule has 2 heterocycles. The predicted molar refractivity (Wildman–Crippen MR) is 95.2 cm³/mol. The maximum atomic E-state index is 5.07. The number of rotatable bonds is 7. The first-order valence-electron chi connectivity index (χ1n) is 8.15. The predicted octanol–water partition coefficient (Wildman–Crippen LogP) is 2.31. The van der Waals surface area contributed by atoms with E-state index in [-0.39, 0.29) is 0 Å². The van der Waals surface area contributed by atoms with Gasteiger partial charge in [-0.2, -0.15) is 0 Å². The number of thiophene rings is 1. The van der Waals surface area contributed by atoms with Crippen molar-refractivity contribution >= 4 is 22.3 Å². The van der Waals surface area contributed by atoms with E-state index in [2.05, 4.69) is 45.0 Å². The highest BCUT2D eigenvalue weighted by Gasteiger charge is 2.20. The van der Waals surface area contributed by atoms with E-state index in [1.165, 1.54) is 5.00 Å². The molecule has 6 heteroatoms. The van der Waals surface area contributed by atoms with Gasteiger partial charge >= 0.3 is 0 Å². The van der Waals surface area contributed by atoms with Crippen LogP contribution in [0, 0.1) is 0 Å². The number of guanidine groups is 1. The third kappa shape index (κ3) is 5.50. The molecule has 124 valence electrons. The van der Waals surface area contributed by atoms with Gasteiger partial charge in [-0.3, -0.25) is 4.99 Å². The zero-order valence-corrected chi connectivity index (χ0v) is 14.5. The van der Waals surface area contributed by atoms with Crippen LogP contribution in [-0.2, 0) is 4.74 Å². The van der Waals surface area contributed by atoms with Gasteiger partial charge in [0.2, 0.25) is 0 Å². The van der Waals surface area contributed by atoms with E-state index >= 15 is 0 Å². The Morgan fingerprint density at radius 3 is 2.91 bits per heavy atom. The highest BCUT2D eigenvalue weighted by atomic mass is 32.1. The van der Waals surface area contributed by atoms with Gasteiger partial charge in [0.1, 0.15) is 0 Å². The summed E-state index contributed by atoms with van der Waals surface area (Å²) in [5.74, 6) is 0.938. The molecule has 2 N–H and O–H groups in total. The molecule has 0 unspecified atom stereocenters. The van der Waals surface area contributed by atoms with Crippen LogP contribution in [0.4, 0.5) is 5.00 Å². The van der Waals surface area contributed by atoms with Crippen molar-refractivity contribution in [2.24, 2.45) is 4.99 Å². The molecule has 0 atom stereocenters. The van der Waals surface area contributed by atoms with Crippen LogP contribution in [0.25, 0.3) is 0 Å². The van der Waals surface area contributed by atoms with Crippen molar-refractivity contribution < 1.29 is 4.74 Å². The number of nitrogens with zero attached hydrogens (tertiary/aromatic N) is 2. The summed E-state index contributed by atoms with van der Waals surface area (Å²) in [7, 11) is 1.73. The summed E-state index contributed by atoms with van der Waals surface area (Å²) >= 11 is 1.83. The fourth-order valence-corrected chi connectivity index (χ4v) is 3.39. The molecule has 22 heavy (non-hydrogen) atoms. The Morgan fingerprint density at radius 2 is 2.27 bits per heavy atom. The van der Waals surface area contributed by atoms with E-state index < -0.39 is 0 Å². The van der Waals surface area contributed by atoms with Crippen LogP contribution in [0.15, 0.2) is 22.5 Å². The fourth-order valence-electron chi connectivity index (χ4n) is 2.61. The second-order valence-electron chi connectivity index (χ2n) is 5.46. The van der Waals surface area contributed by atoms with Gasteiger partial charge in [-0.05, 0) is 43.7 Å². The Labute approximate surface area is 137 Å². The van der Waals surface area contributed by atoms with Crippen LogP contribution in [0.3, 0.4) is 0 Å². The molecule has 1 aromatic heterocycles. The SMILES string of the molecule is CCNC(=NCCCOC)NC1CCN(c2cccs2)CC1.